The average molecular weight is 254 g/mol. The lowest BCUT2D eigenvalue weighted by Crippen LogP contribution is -2.51. The van der Waals surface area contributed by atoms with Crippen molar-refractivity contribution in [1.29, 1.82) is 0 Å². The van der Waals surface area contributed by atoms with Crippen LogP contribution in [0.2, 0.25) is 0 Å². The molecule has 3 N–H and O–H groups in total. The van der Waals surface area contributed by atoms with Crippen molar-refractivity contribution in [2.45, 2.75) is 39.9 Å². The van der Waals surface area contributed by atoms with E-state index in [1.165, 1.54) is 0 Å². The molecule has 0 radical (unpaired) electrons. The Morgan fingerprint density at radius 1 is 1.29 bits per heavy atom. The van der Waals surface area contributed by atoms with Crippen molar-refractivity contribution in [2.24, 2.45) is 16.8 Å². The number of nitrogens with one attached hydrogen (secondary N) is 1. The molecule has 0 bridgehead atoms. The summed E-state index contributed by atoms with van der Waals surface area (Å²) in [6, 6.07) is -0.335. The van der Waals surface area contributed by atoms with Crippen LogP contribution in [-0.2, 0) is 0 Å². The number of hydrogen-bond acceptors (Lipinski definition) is 2. The summed E-state index contributed by atoms with van der Waals surface area (Å²) in [7, 11) is 0. The molecule has 0 atom stereocenters. The minimum Gasteiger partial charge on any atom is -0.330 e. The number of guanidine groups is 1. The van der Waals surface area contributed by atoms with Gasteiger partial charge in [-0.15, -0.1) is 0 Å². The topological polar surface area (TPSA) is 53.6 Å². The first-order chi connectivity index (χ1) is 7.67. The highest BCUT2D eigenvalue weighted by Gasteiger charge is 2.33. The van der Waals surface area contributed by atoms with Crippen molar-refractivity contribution < 1.29 is 13.2 Å². The maximum Gasteiger partial charge on any atom is 0.406 e. The summed E-state index contributed by atoms with van der Waals surface area (Å²) in [6.45, 7) is 6.55. The average Bonchev–Trinajstić information content (AvgIpc) is 2.14. The van der Waals surface area contributed by atoms with Crippen molar-refractivity contribution in [2.75, 3.05) is 13.1 Å². The van der Waals surface area contributed by atoms with Gasteiger partial charge in [-0.3, -0.25) is 10.4 Å². The number of rotatable bonds is 4. The Bertz CT molecular complexity index is 248. The van der Waals surface area contributed by atoms with Gasteiger partial charge in [0, 0.05) is 12.6 Å². The molecule has 0 fully saturated rings. The Balaban J connectivity index is 4.81. The number of halogens is 3. The van der Waals surface area contributed by atoms with Crippen LogP contribution in [0.25, 0.3) is 0 Å². The van der Waals surface area contributed by atoms with Gasteiger partial charge in [0.1, 0.15) is 6.54 Å². The van der Waals surface area contributed by atoms with E-state index in [0.717, 1.165) is 4.90 Å². The van der Waals surface area contributed by atoms with Gasteiger partial charge in [-0.05, 0) is 19.8 Å². The highest BCUT2D eigenvalue weighted by molar-refractivity contribution is 5.79. The molecule has 0 spiro atoms. The highest BCUT2D eigenvalue weighted by Crippen LogP contribution is 2.18. The summed E-state index contributed by atoms with van der Waals surface area (Å²) >= 11 is 0. The van der Waals surface area contributed by atoms with Gasteiger partial charge in [-0.2, -0.15) is 13.2 Å². The van der Waals surface area contributed by atoms with E-state index in [9.17, 15) is 13.2 Å². The van der Waals surface area contributed by atoms with Crippen LogP contribution in [0, 0.1) is 5.92 Å². The van der Waals surface area contributed by atoms with Gasteiger partial charge in [0.05, 0.1) is 0 Å². The first-order valence-electron chi connectivity index (χ1n) is 5.51. The molecule has 0 saturated carbocycles. The zero-order valence-electron chi connectivity index (χ0n) is 10.7. The standard InChI is InChI=1S/C10H21F3N4/c1-7(2)5-15-9(16-14)17(8(3)4)6-10(11,12)13/h7-8H,5-6,14H2,1-4H3,(H,15,16). The largest absolute Gasteiger partial charge is 0.406 e. The Morgan fingerprint density at radius 2 is 1.82 bits per heavy atom. The van der Waals surface area contributed by atoms with Crippen LogP contribution in [0.15, 0.2) is 4.99 Å². The Hall–Kier alpha value is -0.980. The molecule has 102 valence electrons. The maximum absolute atomic E-state index is 12.4. The zero-order chi connectivity index (χ0) is 13.6. The van der Waals surface area contributed by atoms with E-state index in [-0.39, 0.29) is 17.9 Å². The second kappa shape index (κ2) is 6.68. The zero-order valence-corrected chi connectivity index (χ0v) is 10.7. The molecular formula is C10H21F3N4. The smallest absolute Gasteiger partial charge is 0.330 e. The molecule has 4 nitrogen and oxygen atoms in total. The summed E-state index contributed by atoms with van der Waals surface area (Å²) in [5.74, 6) is 5.56. The Kier molecular flexibility index (Phi) is 6.30. The molecule has 0 aliphatic carbocycles. The van der Waals surface area contributed by atoms with Crippen molar-refractivity contribution in [3.05, 3.63) is 0 Å². The van der Waals surface area contributed by atoms with Gasteiger partial charge >= 0.3 is 6.18 Å². The minimum atomic E-state index is -4.28. The van der Waals surface area contributed by atoms with E-state index < -0.39 is 12.7 Å². The summed E-state index contributed by atoms with van der Waals surface area (Å²) in [6.07, 6.45) is -4.28. The van der Waals surface area contributed by atoms with E-state index in [2.05, 4.69) is 10.4 Å². The molecule has 0 amide bonds. The van der Waals surface area contributed by atoms with Crippen LogP contribution in [0.5, 0.6) is 0 Å². The normalized spacial score (nSPS) is 13.4. The summed E-state index contributed by atoms with van der Waals surface area (Å²) in [4.78, 5) is 5.15. The Morgan fingerprint density at radius 3 is 2.12 bits per heavy atom. The quantitative estimate of drug-likeness (QED) is 0.348. The van der Waals surface area contributed by atoms with Gasteiger partial charge in [-0.1, -0.05) is 13.8 Å². The van der Waals surface area contributed by atoms with Crippen molar-refractivity contribution in [1.82, 2.24) is 10.3 Å². The molecular weight excluding hydrogens is 233 g/mol. The third-order valence-electron chi connectivity index (χ3n) is 1.98. The van der Waals surface area contributed by atoms with Gasteiger partial charge in [0.15, 0.2) is 0 Å². The fourth-order valence-corrected chi connectivity index (χ4v) is 1.18. The second-order valence-corrected chi connectivity index (χ2v) is 4.54. The van der Waals surface area contributed by atoms with Crippen molar-refractivity contribution in [3.8, 4) is 0 Å². The van der Waals surface area contributed by atoms with Gasteiger partial charge in [0.2, 0.25) is 5.96 Å². The monoisotopic (exact) mass is 254 g/mol. The van der Waals surface area contributed by atoms with E-state index in [1.807, 2.05) is 13.8 Å². The van der Waals surface area contributed by atoms with Crippen LogP contribution in [0.3, 0.4) is 0 Å². The molecule has 0 unspecified atom stereocenters. The van der Waals surface area contributed by atoms with E-state index in [1.54, 1.807) is 13.8 Å². The van der Waals surface area contributed by atoms with E-state index >= 15 is 0 Å². The van der Waals surface area contributed by atoms with Crippen LogP contribution in [0.4, 0.5) is 13.2 Å². The molecule has 0 saturated heterocycles. The molecule has 0 aromatic heterocycles. The van der Waals surface area contributed by atoms with Crippen molar-refractivity contribution >= 4 is 5.96 Å². The predicted molar refractivity (Wildman–Crippen MR) is 62.4 cm³/mol. The fourth-order valence-electron chi connectivity index (χ4n) is 1.18. The summed E-state index contributed by atoms with van der Waals surface area (Å²) < 4.78 is 37.2. The number of hydrogen-bond donors (Lipinski definition) is 2. The lowest BCUT2D eigenvalue weighted by molar-refractivity contribution is -0.140. The van der Waals surface area contributed by atoms with E-state index in [4.69, 9.17) is 5.84 Å². The van der Waals surface area contributed by atoms with Crippen molar-refractivity contribution in [3.63, 3.8) is 0 Å². The second-order valence-electron chi connectivity index (χ2n) is 4.54. The molecule has 0 rings (SSSR count). The van der Waals surface area contributed by atoms with Crippen LogP contribution >= 0.6 is 0 Å². The third kappa shape index (κ3) is 7.04. The summed E-state index contributed by atoms with van der Waals surface area (Å²) in [5, 5.41) is 0. The molecule has 0 aromatic carbocycles. The molecule has 0 heterocycles. The number of alkyl halides is 3. The minimum absolute atomic E-state index is 0.0750. The number of aliphatic imine (C=N–C) groups is 1. The number of nitrogens with two attached hydrogens (primary N) is 1. The maximum atomic E-state index is 12.4. The van der Waals surface area contributed by atoms with Crippen LogP contribution in [0.1, 0.15) is 27.7 Å². The Labute approximate surface area is 100 Å². The molecule has 0 aliphatic rings. The molecule has 7 heteroatoms. The third-order valence-corrected chi connectivity index (χ3v) is 1.98. The fraction of sp³-hybridized carbons (Fsp3) is 0.900. The lowest BCUT2D eigenvalue weighted by Gasteiger charge is -2.30. The van der Waals surface area contributed by atoms with Crippen LogP contribution in [-0.4, -0.2) is 36.2 Å². The van der Waals surface area contributed by atoms with Gasteiger partial charge < -0.3 is 4.90 Å². The predicted octanol–water partition coefficient (Wildman–Crippen LogP) is 1.73. The first kappa shape index (κ1) is 16.0. The molecule has 0 aromatic rings. The van der Waals surface area contributed by atoms with E-state index in [0.29, 0.717) is 6.54 Å². The van der Waals surface area contributed by atoms with Gasteiger partial charge in [0.25, 0.3) is 0 Å². The number of nitrogens with zero attached hydrogens (tertiary/aromatic N) is 2. The highest BCUT2D eigenvalue weighted by atomic mass is 19.4. The summed E-state index contributed by atoms with van der Waals surface area (Å²) in [5.41, 5.74) is 2.24. The number of hydrazine groups is 1. The molecule has 17 heavy (non-hydrogen) atoms. The lowest BCUT2D eigenvalue weighted by atomic mass is 10.2. The van der Waals surface area contributed by atoms with Crippen LogP contribution < -0.4 is 11.3 Å². The SMILES string of the molecule is CC(C)CN=C(NN)N(CC(F)(F)F)C(C)C. The first-order valence-corrected chi connectivity index (χ1v) is 5.51. The molecule has 0 aliphatic heterocycles. The van der Waals surface area contributed by atoms with Gasteiger partial charge in [-0.25, -0.2) is 5.84 Å².